The van der Waals surface area contributed by atoms with Crippen molar-refractivity contribution in [1.82, 2.24) is 5.43 Å². The van der Waals surface area contributed by atoms with E-state index in [4.69, 9.17) is 21.1 Å². The van der Waals surface area contributed by atoms with Gasteiger partial charge >= 0.3 is 0 Å². The lowest BCUT2D eigenvalue weighted by Crippen LogP contribution is -2.17. The van der Waals surface area contributed by atoms with Gasteiger partial charge in [-0.2, -0.15) is 5.10 Å². The summed E-state index contributed by atoms with van der Waals surface area (Å²) in [6, 6.07) is 18.3. The highest BCUT2D eigenvalue weighted by Gasteiger charge is 2.09. The van der Waals surface area contributed by atoms with Gasteiger partial charge in [-0.05, 0) is 98.8 Å². The largest absolute Gasteiger partial charge is 0.497 e. The van der Waals surface area contributed by atoms with E-state index in [0.29, 0.717) is 22.9 Å². The molecule has 0 spiro atoms. The number of amides is 1. The third-order valence-corrected chi connectivity index (χ3v) is 5.88. The monoisotopic (exact) mass is 646 g/mol. The van der Waals surface area contributed by atoms with Gasteiger partial charge in [0.15, 0.2) is 0 Å². The van der Waals surface area contributed by atoms with Crippen molar-refractivity contribution in [3.63, 3.8) is 0 Å². The van der Waals surface area contributed by atoms with E-state index in [1.807, 2.05) is 36.4 Å². The highest BCUT2D eigenvalue weighted by molar-refractivity contribution is 14.1. The Morgan fingerprint density at radius 1 is 1.10 bits per heavy atom. The van der Waals surface area contributed by atoms with Gasteiger partial charge in [-0.3, -0.25) is 4.79 Å². The average molecular weight is 647 g/mol. The van der Waals surface area contributed by atoms with E-state index in [1.165, 1.54) is 0 Å². The van der Waals surface area contributed by atoms with Gasteiger partial charge in [0.25, 0.3) is 5.91 Å². The Labute approximate surface area is 207 Å². The van der Waals surface area contributed by atoms with Crippen LogP contribution in [0.15, 0.2) is 65.8 Å². The first-order valence-corrected chi connectivity index (χ1v) is 11.3. The second kappa shape index (κ2) is 11.0. The van der Waals surface area contributed by atoms with E-state index >= 15 is 0 Å². The minimum atomic E-state index is -0.308. The average Bonchev–Trinajstić information content (AvgIpc) is 2.74. The van der Waals surface area contributed by atoms with Crippen molar-refractivity contribution >= 4 is 68.9 Å². The van der Waals surface area contributed by atoms with Crippen LogP contribution < -0.4 is 14.9 Å². The summed E-state index contributed by atoms with van der Waals surface area (Å²) in [6.45, 7) is 0.452. The van der Waals surface area contributed by atoms with Crippen LogP contribution in [-0.4, -0.2) is 19.2 Å². The van der Waals surface area contributed by atoms with Crippen molar-refractivity contribution in [3.05, 3.63) is 89.5 Å². The molecule has 154 valence electrons. The molecule has 0 heterocycles. The number of hydrogen-bond donors (Lipinski definition) is 1. The maximum atomic E-state index is 12.2. The first kappa shape index (κ1) is 22.8. The van der Waals surface area contributed by atoms with Gasteiger partial charge in [-0.1, -0.05) is 29.8 Å². The number of methoxy groups -OCH3 is 1. The number of halogens is 3. The van der Waals surface area contributed by atoms with E-state index < -0.39 is 0 Å². The molecule has 0 aromatic heterocycles. The van der Waals surface area contributed by atoms with Crippen LogP contribution in [0.4, 0.5) is 0 Å². The van der Waals surface area contributed by atoms with Crippen molar-refractivity contribution < 1.29 is 14.3 Å². The Morgan fingerprint density at radius 3 is 2.47 bits per heavy atom. The zero-order valence-electron chi connectivity index (χ0n) is 15.9. The van der Waals surface area contributed by atoms with Gasteiger partial charge < -0.3 is 9.47 Å². The summed E-state index contributed by atoms with van der Waals surface area (Å²) >= 11 is 10.4. The molecule has 0 saturated heterocycles. The van der Waals surface area contributed by atoms with E-state index in [-0.39, 0.29) is 5.91 Å². The normalized spacial score (nSPS) is 10.8. The number of carbonyl (C=O) groups excluding carboxylic acids is 1. The molecule has 0 fully saturated rings. The topological polar surface area (TPSA) is 59.9 Å². The van der Waals surface area contributed by atoms with Gasteiger partial charge in [0.1, 0.15) is 18.1 Å². The van der Waals surface area contributed by atoms with Crippen LogP contribution in [0.5, 0.6) is 11.5 Å². The lowest BCUT2D eigenvalue weighted by atomic mass is 10.2. The predicted molar refractivity (Wildman–Crippen MR) is 136 cm³/mol. The van der Waals surface area contributed by atoms with Crippen LogP contribution in [-0.2, 0) is 6.61 Å². The number of nitrogens with zero attached hydrogens (tertiary/aromatic N) is 1. The first-order valence-electron chi connectivity index (χ1n) is 8.80. The molecule has 1 amide bonds. The summed E-state index contributed by atoms with van der Waals surface area (Å²) < 4.78 is 13.0. The number of nitrogens with one attached hydrogen (secondary N) is 1. The van der Waals surface area contributed by atoms with E-state index in [9.17, 15) is 4.79 Å². The molecule has 0 aliphatic rings. The van der Waals surface area contributed by atoms with Crippen LogP contribution in [0.25, 0.3) is 0 Å². The summed E-state index contributed by atoms with van der Waals surface area (Å²) in [4.78, 5) is 12.2. The van der Waals surface area contributed by atoms with Gasteiger partial charge in [0, 0.05) is 10.6 Å². The quantitative estimate of drug-likeness (QED) is 0.198. The van der Waals surface area contributed by atoms with Gasteiger partial charge in [0.2, 0.25) is 0 Å². The number of hydrazone groups is 1. The van der Waals surface area contributed by atoms with Crippen LogP contribution in [0.2, 0.25) is 5.02 Å². The standard InChI is InChI=1S/C22H17ClI2N2O3/c1-29-18-4-2-3-16(11-18)22(28)27-26-12-15-9-19(24)21(20(25)10-15)30-13-14-5-7-17(23)8-6-14/h2-12H,13H2,1H3,(H,27,28)/b26-12-. The van der Waals surface area contributed by atoms with Crippen LogP contribution in [0, 0.1) is 7.14 Å². The molecule has 5 nitrogen and oxygen atoms in total. The maximum absolute atomic E-state index is 12.2. The minimum Gasteiger partial charge on any atom is -0.497 e. The Morgan fingerprint density at radius 2 is 1.80 bits per heavy atom. The molecule has 0 bridgehead atoms. The Hall–Kier alpha value is -1.85. The molecule has 0 atom stereocenters. The number of rotatable bonds is 7. The van der Waals surface area contributed by atoms with Crippen molar-refractivity contribution in [2.24, 2.45) is 5.10 Å². The molecule has 8 heteroatoms. The fourth-order valence-corrected chi connectivity index (χ4v) is 4.78. The molecular formula is C22H17ClI2N2O3. The molecule has 0 aliphatic carbocycles. The third kappa shape index (κ3) is 6.32. The number of benzene rings is 3. The van der Waals surface area contributed by atoms with Crippen molar-refractivity contribution in [2.45, 2.75) is 6.61 Å². The second-order valence-electron chi connectivity index (χ2n) is 6.16. The van der Waals surface area contributed by atoms with E-state index in [1.54, 1.807) is 37.6 Å². The molecular weight excluding hydrogens is 630 g/mol. The SMILES string of the molecule is COc1cccc(C(=O)N/N=C\c2cc(I)c(OCc3ccc(Cl)cc3)c(I)c2)c1. The second-order valence-corrected chi connectivity index (χ2v) is 8.92. The summed E-state index contributed by atoms with van der Waals surface area (Å²) in [5.74, 6) is 1.12. The van der Waals surface area contributed by atoms with E-state index in [2.05, 4.69) is 55.7 Å². The minimum absolute atomic E-state index is 0.308. The Balaban J connectivity index is 1.64. The fourth-order valence-electron chi connectivity index (χ4n) is 2.52. The van der Waals surface area contributed by atoms with Crippen LogP contribution >= 0.6 is 56.8 Å². The van der Waals surface area contributed by atoms with E-state index in [0.717, 1.165) is 24.0 Å². The maximum Gasteiger partial charge on any atom is 0.271 e. The summed E-state index contributed by atoms with van der Waals surface area (Å²) in [5.41, 5.74) is 4.90. The Bertz CT molecular complexity index is 1050. The Kier molecular flexibility index (Phi) is 8.34. The molecule has 1 N–H and O–H groups in total. The molecule has 0 saturated carbocycles. The number of ether oxygens (including phenoxy) is 2. The number of hydrogen-bond acceptors (Lipinski definition) is 4. The molecule has 0 aliphatic heterocycles. The predicted octanol–water partition coefficient (Wildman–Crippen LogP) is 5.90. The zero-order valence-corrected chi connectivity index (χ0v) is 20.9. The van der Waals surface area contributed by atoms with Gasteiger partial charge in [-0.25, -0.2) is 5.43 Å². The first-order chi connectivity index (χ1) is 14.5. The zero-order chi connectivity index (χ0) is 21.5. The van der Waals surface area contributed by atoms with Crippen LogP contribution in [0.3, 0.4) is 0 Å². The lowest BCUT2D eigenvalue weighted by molar-refractivity contribution is 0.0955. The third-order valence-electron chi connectivity index (χ3n) is 4.03. The highest BCUT2D eigenvalue weighted by Crippen LogP contribution is 2.29. The summed E-state index contributed by atoms with van der Waals surface area (Å²) in [5, 5.41) is 4.76. The summed E-state index contributed by atoms with van der Waals surface area (Å²) in [6.07, 6.45) is 1.60. The van der Waals surface area contributed by atoms with Gasteiger partial charge in [0.05, 0.1) is 20.5 Å². The van der Waals surface area contributed by atoms with Crippen LogP contribution in [0.1, 0.15) is 21.5 Å². The molecule has 30 heavy (non-hydrogen) atoms. The molecule has 3 rings (SSSR count). The lowest BCUT2D eigenvalue weighted by Gasteiger charge is -2.11. The fraction of sp³-hybridized carbons (Fsp3) is 0.0909. The molecule has 0 unspecified atom stereocenters. The number of carbonyl (C=O) groups is 1. The van der Waals surface area contributed by atoms with Crippen molar-refractivity contribution in [1.29, 1.82) is 0 Å². The highest BCUT2D eigenvalue weighted by atomic mass is 127. The van der Waals surface area contributed by atoms with Gasteiger partial charge in [-0.15, -0.1) is 0 Å². The molecule has 3 aromatic carbocycles. The summed E-state index contributed by atoms with van der Waals surface area (Å²) in [7, 11) is 1.56. The molecule has 3 aromatic rings. The van der Waals surface area contributed by atoms with Crippen molar-refractivity contribution in [2.75, 3.05) is 7.11 Å². The van der Waals surface area contributed by atoms with Crippen molar-refractivity contribution in [3.8, 4) is 11.5 Å². The smallest absolute Gasteiger partial charge is 0.271 e. The molecule has 0 radical (unpaired) electrons.